The van der Waals surface area contributed by atoms with Crippen LogP contribution in [0.25, 0.3) is 0 Å². The van der Waals surface area contributed by atoms with E-state index < -0.39 is 0 Å². The van der Waals surface area contributed by atoms with Crippen LogP contribution in [0, 0.1) is 0 Å². The molecular formula is C19H24N4O2S. The molecule has 26 heavy (non-hydrogen) atoms. The number of thiocarbonyl (C=S) groups is 1. The summed E-state index contributed by atoms with van der Waals surface area (Å²) in [6, 6.07) is 15.2. The Labute approximate surface area is 159 Å². The lowest BCUT2D eigenvalue weighted by atomic mass is 10.1. The van der Waals surface area contributed by atoms with Gasteiger partial charge in [0.15, 0.2) is 5.11 Å². The summed E-state index contributed by atoms with van der Waals surface area (Å²) >= 11 is 5.18. The molecule has 0 aliphatic carbocycles. The van der Waals surface area contributed by atoms with E-state index in [1.165, 1.54) is 5.56 Å². The molecule has 138 valence electrons. The van der Waals surface area contributed by atoms with Crippen molar-refractivity contribution in [1.82, 2.24) is 16.2 Å². The van der Waals surface area contributed by atoms with E-state index in [1.807, 2.05) is 61.5 Å². The molecule has 0 aromatic heterocycles. The number of benzene rings is 2. The van der Waals surface area contributed by atoms with E-state index in [0.717, 1.165) is 17.9 Å². The van der Waals surface area contributed by atoms with Gasteiger partial charge in [0.25, 0.3) is 5.91 Å². The molecule has 0 fully saturated rings. The maximum Gasteiger partial charge on any atom is 0.269 e. The fourth-order valence-corrected chi connectivity index (χ4v) is 2.42. The van der Waals surface area contributed by atoms with Crippen molar-refractivity contribution < 1.29 is 9.53 Å². The van der Waals surface area contributed by atoms with Crippen LogP contribution in [0.4, 0.5) is 5.69 Å². The van der Waals surface area contributed by atoms with Gasteiger partial charge in [-0.05, 0) is 54.5 Å². The fraction of sp³-hybridized carbons (Fsp3) is 0.263. The number of carbonyl (C=O) groups excluding carboxylic acids is 1. The number of hydrogen-bond donors (Lipinski definition) is 3. The van der Waals surface area contributed by atoms with Crippen LogP contribution in [0.15, 0.2) is 48.5 Å². The molecule has 7 heteroatoms. The highest BCUT2D eigenvalue weighted by molar-refractivity contribution is 7.80. The zero-order chi connectivity index (χ0) is 18.9. The van der Waals surface area contributed by atoms with Gasteiger partial charge in [0, 0.05) is 31.9 Å². The van der Waals surface area contributed by atoms with Crippen molar-refractivity contribution in [3.8, 4) is 5.75 Å². The second kappa shape index (κ2) is 9.62. The zero-order valence-corrected chi connectivity index (χ0v) is 16.0. The van der Waals surface area contributed by atoms with Crippen LogP contribution in [-0.4, -0.2) is 38.8 Å². The number of hydrogen-bond acceptors (Lipinski definition) is 4. The standard InChI is InChI=1S/C19H24N4O2S/c1-23(2)16-6-4-5-15(13-16)18(24)21-22-19(26)20-12-11-14-7-9-17(25-3)10-8-14/h4-10,13H,11-12H2,1-3H3,(H,21,24)(H2,20,22,26). The quantitative estimate of drug-likeness (QED) is 0.533. The summed E-state index contributed by atoms with van der Waals surface area (Å²) in [7, 11) is 5.50. The predicted molar refractivity (Wildman–Crippen MR) is 109 cm³/mol. The number of anilines is 1. The van der Waals surface area contributed by atoms with Gasteiger partial charge in [-0.25, -0.2) is 0 Å². The van der Waals surface area contributed by atoms with Crippen molar-refractivity contribution in [2.75, 3.05) is 32.6 Å². The Morgan fingerprint density at radius 1 is 1.12 bits per heavy atom. The van der Waals surface area contributed by atoms with Gasteiger partial charge in [0.1, 0.15) is 5.75 Å². The Morgan fingerprint density at radius 3 is 2.50 bits per heavy atom. The van der Waals surface area contributed by atoms with Gasteiger partial charge >= 0.3 is 0 Å². The SMILES string of the molecule is COc1ccc(CCNC(=S)NNC(=O)c2cccc(N(C)C)c2)cc1. The first kappa shape index (κ1) is 19.5. The van der Waals surface area contributed by atoms with Gasteiger partial charge in [-0.1, -0.05) is 18.2 Å². The Morgan fingerprint density at radius 2 is 1.85 bits per heavy atom. The van der Waals surface area contributed by atoms with Crippen LogP contribution >= 0.6 is 12.2 Å². The van der Waals surface area contributed by atoms with Gasteiger partial charge in [-0.3, -0.25) is 15.6 Å². The fourth-order valence-electron chi connectivity index (χ4n) is 2.27. The summed E-state index contributed by atoms with van der Waals surface area (Å²) in [5.41, 5.74) is 8.01. The lowest BCUT2D eigenvalue weighted by Crippen LogP contribution is -2.47. The first-order valence-electron chi connectivity index (χ1n) is 8.24. The second-order valence-corrected chi connectivity index (χ2v) is 6.29. The molecule has 2 aromatic carbocycles. The summed E-state index contributed by atoms with van der Waals surface area (Å²) in [6.45, 7) is 0.657. The van der Waals surface area contributed by atoms with E-state index in [1.54, 1.807) is 13.2 Å². The van der Waals surface area contributed by atoms with Crippen molar-refractivity contribution in [2.24, 2.45) is 0 Å². The summed E-state index contributed by atoms with van der Waals surface area (Å²) in [5, 5.41) is 3.43. The van der Waals surface area contributed by atoms with Crippen molar-refractivity contribution in [3.63, 3.8) is 0 Å². The minimum Gasteiger partial charge on any atom is -0.497 e. The third-order valence-corrected chi connectivity index (χ3v) is 4.02. The molecule has 0 atom stereocenters. The molecule has 1 amide bonds. The van der Waals surface area contributed by atoms with Crippen LogP contribution in [-0.2, 0) is 6.42 Å². The lowest BCUT2D eigenvalue weighted by molar-refractivity contribution is 0.0943. The topological polar surface area (TPSA) is 65.6 Å². The Kier molecular flexibility index (Phi) is 7.23. The highest BCUT2D eigenvalue weighted by atomic mass is 32.1. The first-order valence-corrected chi connectivity index (χ1v) is 8.65. The number of methoxy groups -OCH3 is 1. The first-order chi connectivity index (χ1) is 12.5. The van der Waals surface area contributed by atoms with E-state index in [4.69, 9.17) is 17.0 Å². The molecule has 3 N–H and O–H groups in total. The van der Waals surface area contributed by atoms with Crippen molar-refractivity contribution in [1.29, 1.82) is 0 Å². The van der Waals surface area contributed by atoms with Crippen LogP contribution in [0.1, 0.15) is 15.9 Å². The van der Waals surface area contributed by atoms with E-state index in [2.05, 4.69) is 16.2 Å². The Hall–Kier alpha value is -2.80. The second-order valence-electron chi connectivity index (χ2n) is 5.88. The van der Waals surface area contributed by atoms with Gasteiger partial charge in [-0.2, -0.15) is 0 Å². The molecule has 0 spiro atoms. The van der Waals surface area contributed by atoms with E-state index in [-0.39, 0.29) is 5.91 Å². The van der Waals surface area contributed by atoms with Gasteiger partial charge in [0.2, 0.25) is 0 Å². The monoisotopic (exact) mass is 372 g/mol. The third-order valence-electron chi connectivity index (χ3n) is 3.77. The van der Waals surface area contributed by atoms with Gasteiger partial charge in [0.05, 0.1) is 7.11 Å². The number of nitrogens with zero attached hydrogens (tertiary/aromatic N) is 1. The van der Waals surface area contributed by atoms with E-state index in [0.29, 0.717) is 17.2 Å². The van der Waals surface area contributed by atoms with E-state index >= 15 is 0 Å². The number of nitrogens with one attached hydrogen (secondary N) is 3. The molecule has 0 bridgehead atoms. The van der Waals surface area contributed by atoms with Crippen LogP contribution in [0.2, 0.25) is 0 Å². The average molecular weight is 372 g/mol. The molecule has 0 radical (unpaired) electrons. The average Bonchev–Trinajstić information content (AvgIpc) is 2.66. The summed E-state index contributed by atoms with van der Waals surface area (Å²) < 4.78 is 5.13. The van der Waals surface area contributed by atoms with Gasteiger partial charge in [-0.15, -0.1) is 0 Å². The molecule has 0 heterocycles. The number of carbonyl (C=O) groups is 1. The maximum atomic E-state index is 12.2. The number of rotatable bonds is 6. The molecule has 0 saturated heterocycles. The molecular weight excluding hydrogens is 348 g/mol. The highest BCUT2D eigenvalue weighted by Crippen LogP contribution is 2.13. The lowest BCUT2D eigenvalue weighted by Gasteiger charge is -2.14. The molecule has 0 unspecified atom stereocenters. The van der Waals surface area contributed by atoms with Crippen molar-refractivity contribution in [2.45, 2.75) is 6.42 Å². The zero-order valence-electron chi connectivity index (χ0n) is 15.2. The predicted octanol–water partition coefficient (Wildman–Crippen LogP) is 2.11. The number of amides is 1. The van der Waals surface area contributed by atoms with Crippen LogP contribution in [0.3, 0.4) is 0 Å². The largest absolute Gasteiger partial charge is 0.497 e. The molecule has 2 rings (SSSR count). The van der Waals surface area contributed by atoms with Crippen LogP contribution in [0.5, 0.6) is 5.75 Å². The Balaban J connectivity index is 1.74. The molecule has 0 aliphatic rings. The third kappa shape index (κ3) is 5.93. The van der Waals surface area contributed by atoms with Crippen LogP contribution < -0.4 is 25.8 Å². The maximum absolute atomic E-state index is 12.2. The summed E-state index contributed by atoms with van der Waals surface area (Å²) in [5.74, 6) is 0.591. The summed E-state index contributed by atoms with van der Waals surface area (Å²) in [6.07, 6.45) is 0.810. The van der Waals surface area contributed by atoms with Gasteiger partial charge < -0.3 is 15.0 Å². The van der Waals surface area contributed by atoms with Crippen molar-refractivity contribution >= 4 is 28.9 Å². The molecule has 6 nitrogen and oxygen atoms in total. The Bertz CT molecular complexity index is 747. The molecule has 2 aromatic rings. The van der Waals surface area contributed by atoms with E-state index in [9.17, 15) is 4.79 Å². The minimum atomic E-state index is -0.243. The normalized spacial score (nSPS) is 9.96. The molecule has 0 saturated carbocycles. The number of ether oxygens (including phenoxy) is 1. The highest BCUT2D eigenvalue weighted by Gasteiger charge is 2.07. The van der Waals surface area contributed by atoms with Crippen molar-refractivity contribution in [3.05, 3.63) is 59.7 Å². The minimum absolute atomic E-state index is 0.243. The summed E-state index contributed by atoms with van der Waals surface area (Å²) in [4.78, 5) is 14.1. The number of hydrazine groups is 1. The smallest absolute Gasteiger partial charge is 0.269 e. The molecule has 0 aliphatic heterocycles.